The van der Waals surface area contributed by atoms with Gasteiger partial charge in [0.1, 0.15) is 0 Å². The van der Waals surface area contributed by atoms with E-state index in [2.05, 4.69) is 0 Å². The molecule has 0 aliphatic carbocycles. The monoisotopic (exact) mass is 232 g/mol. The maximum atomic E-state index is 10.4. The summed E-state index contributed by atoms with van der Waals surface area (Å²) in [5.74, 6) is 1.02. The molecule has 0 saturated heterocycles. The molecule has 78 valence electrons. The van der Waals surface area contributed by atoms with E-state index in [1.165, 1.54) is 11.8 Å². The average molecular weight is 232 g/mol. The quantitative estimate of drug-likeness (QED) is 0.621. The third kappa shape index (κ3) is 5.26. The van der Waals surface area contributed by atoms with Crippen molar-refractivity contribution in [3.05, 3.63) is 35.9 Å². The third-order valence-corrected chi connectivity index (χ3v) is 3.61. The number of thioether (sulfide) groups is 1. The van der Waals surface area contributed by atoms with Crippen LogP contribution in [0.3, 0.4) is 0 Å². The molecule has 0 radical (unpaired) electrons. The van der Waals surface area contributed by atoms with Crippen molar-refractivity contribution in [1.29, 1.82) is 0 Å². The Morgan fingerprint density at radius 3 is 2.43 bits per heavy atom. The van der Waals surface area contributed by atoms with Crippen LogP contribution in [0, 0.1) is 0 Å². The Bertz CT molecular complexity index is 359. The van der Waals surface area contributed by atoms with Crippen molar-refractivity contribution in [2.24, 2.45) is 0 Å². The average Bonchev–Trinajstić information content (AvgIpc) is 2.13. The molecule has 0 fully saturated rings. The van der Waals surface area contributed by atoms with Crippen LogP contribution in [0.2, 0.25) is 0 Å². The van der Waals surface area contributed by atoms with E-state index in [1.54, 1.807) is 0 Å². The molecule has 0 atom stereocenters. The van der Waals surface area contributed by atoms with Gasteiger partial charge in [-0.25, -0.2) is 0 Å². The Kier molecular flexibility index (Phi) is 4.44. The van der Waals surface area contributed by atoms with E-state index < -0.39 is 10.1 Å². The predicted molar refractivity (Wildman–Crippen MR) is 59.0 cm³/mol. The minimum absolute atomic E-state index is 0.176. The second kappa shape index (κ2) is 5.38. The van der Waals surface area contributed by atoms with Gasteiger partial charge in [0.25, 0.3) is 10.1 Å². The van der Waals surface area contributed by atoms with Crippen LogP contribution in [0.1, 0.15) is 5.56 Å². The van der Waals surface area contributed by atoms with Crippen LogP contribution in [0.5, 0.6) is 0 Å². The fourth-order valence-electron chi connectivity index (χ4n) is 0.928. The second-order valence-electron chi connectivity index (χ2n) is 2.82. The lowest BCUT2D eigenvalue weighted by molar-refractivity contribution is 0.485. The first kappa shape index (κ1) is 11.6. The zero-order valence-electron chi connectivity index (χ0n) is 7.59. The largest absolute Gasteiger partial charge is 0.286 e. The van der Waals surface area contributed by atoms with Gasteiger partial charge >= 0.3 is 0 Å². The SMILES string of the molecule is O=S(=O)(O)CCSCc1ccccc1. The number of hydrogen-bond acceptors (Lipinski definition) is 3. The van der Waals surface area contributed by atoms with Crippen molar-refractivity contribution < 1.29 is 13.0 Å². The first-order chi connectivity index (χ1) is 6.58. The predicted octanol–water partition coefficient (Wildman–Crippen LogP) is 1.81. The van der Waals surface area contributed by atoms with E-state index in [-0.39, 0.29) is 5.75 Å². The highest BCUT2D eigenvalue weighted by molar-refractivity contribution is 7.99. The van der Waals surface area contributed by atoms with Gasteiger partial charge in [0.15, 0.2) is 0 Å². The van der Waals surface area contributed by atoms with E-state index >= 15 is 0 Å². The smallest absolute Gasteiger partial charge is 0.265 e. The molecule has 1 aromatic carbocycles. The Morgan fingerprint density at radius 2 is 1.86 bits per heavy atom. The number of rotatable bonds is 5. The van der Waals surface area contributed by atoms with Crippen molar-refractivity contribution in [1.82, 2.24) is 0 Å². The van der Waals surface area contributed by atoms with E-state index in [1.807, 2.05) is 30.3 Å². The Hall–Kier alpha value is -0.520. The molecule has 0 aliphatic rings. The zero-order chi connectivity index (χ0) is 10.4. The van der Waals surface area contributed by atoms with Gasteiger partial charge in [0.05, 0.1) is 5.75 Å². The van der Waals surface area contributed by atoms with Gasteiger partial charge in [-0.3, -0.25) is 4.55 Å². The minimum Gasteiger partial charge on any atom is -0.286 e. The van der Waals surface area contributed by atoms with Crippen LogP contribution >= 0.6 is 11.8 Å². The summed E-state index contributed by atoms with van der Waals surface area (Å²) in [6.07, 6.45) is 0. The lowest BCUT2D eigenvalue weighted by Gasteiger charge is -1.99. The van der Waals surface area contributed by atoms with Crippen LogP contribution in [0.15, 0.2) is 30.3 Å². The molecule has 0 spiro atoms. The van der Waals surface area contributed by atoms with Gasteiger partial charge in [-0.05, 0) is 5.56 Å². The molecule has 14 heavy (non-hydrogen) atoms. The summed E-state index contributed by atoms with van der Waals surface area (Å²) in [7, 11) is -3.80. The molecular weight excluding hydrogens is 220 g/mol. The van der Waals surface area contributed by atoms with Crippen molar-refractivity contribution in [3.8, 4) is 0 Å². The summed E-state index contributed by atoms with van der Waals surface area (Å²) in [4.78, 5) is 0. The summed E-state index contributed by atoms with van der Waals surface area (Å²) in [6, 6.07) is 9.80. The van der Waals surface area contributed by atoms with E-state index in [0.717, 1.165) is 11.3 Å². The molecular formula is C9H12O3S2. The fourth-order valence-corrected chi connectivity index (χ4v) is 2.81. The van der Waals surface area contributed by atoms with E-state index in [9.17, 15) is 8.42 Å². The third-order valence-electron chi connectivity index (χ3n) is 1.60. The Labute approximate surface area is 88.3 Å². The maximum absolute atomic E-state index is 10.4. The first-order valence-corrected chi connectivity index (χ1v) is 6.91. The van der Waals surface area contributed by atoms with Gasteiger partial charge in [-0.15, -0.1) is 0 Å². The standard InChI is InChI=1S/C9H12O3S2/c10-14(11,12)7-6-13-8-9-4-2-1-3-5-9/h1-5H,6-8H2,(H,10,11,12). The van der Waals surface area contributed by atoms with Gasteiger partial charge in [-0.2, -0.15) is 20.2 Å². The summed E-state index contributed by atoms with van der Waals surface area (Å²) in [5, 5.41) is 0. The van der Waals surface area contributed by atoms with Gasteiger partial charge in [-0.1, -0.05) is 30.3 Å². The molecule has 0 heterocycles. The Balaban J connectivity index is 2.23. The second-order valence-corrected chi connectivity index (χ2v) is 5.50. The lowest BCUT2D eigenvalue weighted by Crippen LogP contribution is -2.05. The highest BCUT2D eigenvalue weighted by atomic mass is 32.2. The van der Waals surface area contributed by atoms with Crippen LogP contribution in [-0.4, -0.2) is 24.5 Å². The normalized spacial score (nSPS) is 11.5. The molecule has 1 rings (SSSR count). The highest BCUT2D eigenvalue weighted by Crippen LogP contribution is 2.11. The van der Waals surface area contributed by atoms with Crippen molar-refractivity contribution in [2.45, 2.75) is 5.75 Å². The molecule has 0 saturated carbocycles. The molecule has 0 aromatic heterocycles. The molecule has 1 N–H and O–H groups in total. The van der Waals surface area contributed by atoms with Crippen LogP contribution in [0.25, 0.3) is 0 Å². The van der Waals surface area contributed by atoms with Crippen molar-refractivity contribution >= 4 is 21.9 Å². The summed E-state index contributed by atoms with van der Waals surface area (Å²) >= 11 is 1.49. The molecule has 0 amide bonds. The van der Waals surface area contributed by atoms with E-state index in [0.29, 0.717) is 5.75 Å². The number of benzene rings is 1. The van der Waals surface area contributed by atoms with Gasteiger partial charge < -0.3 is 0 Å². The Morgan fingerprint density at radius 1 is 1.21 bits per heavy atom. The van der Waals surface area contributed by atoms with Gasteiger partial charge in [0.2, 0.25) is 0 Å². The summed E-state index contributed by atoms with van der Waals surface area (Å²) in [5.41, 5.74) is 1.16. The summed E-state index contributed by atoms with van der Waals surface area (Å²) in [6.45, 7) is 0. The van der Waals surface area contributed by atoms with Crippen molar-refractivity contribution in [3.63, 3.8) is 0 Å². The maximum Gasteiger partial charge on any atom is 0.265 e. The summed E-state index contributed by atoms with van der Waals surface area (Å²) < 4.78 is 29.2. The lowest BCUT2D eigenvalue weighted by atomic mass is 10.2. The molecule has 0 unspecified atom stereocenters. The molecule has 5 heteroatoms. The molecule has 0 bridgehead atoms. The first-order valence-electron chi connectivity index (χ1n) is 4.15. The fraction of sp³-hybridized carbons (Fsp3) is 0.333. The molecule has 1 aromatic rings. The zero-order valence-corrected chi connectivity index (χ0v) is 9.22. The highest BCUT2D eigenvalue weighted by Gasteiger charge is 2.03. The van der Waals surface area contributed by atoms with Crippen LogP contribution in [-0.2, 0) is 15.9 Å². The van der Waals surface area contributed by atoms with Crippen LogP contribution < -0.4 is 0 Å². The topological polar surface area (TPSA) is 54.4 Å². The van der Waals surface area contributed by atoms with Gasteiger partial charge in [0, 0.05) is 11.5 Å². The van der Waals surface area contributed by atoms with E-state index in [4.69, 9.17) is 4.55 Å². The molecule has 0 aliphatic heterocycles. The van der Waals surface area contributed by atoms with Crippen LogP contribution in [0.4, 0.5) is 0 Å². The minimum atomic E-state index is -3.80. The van der Waals surface area contributed by atoms with Crippen molar-refractivity contribution in [2.75, 3.05) is 11.5 Å². The molecule has 3 nitrogen and oxygen atoms in total. The number of hydrogen-bond donors (Lipinski definition) is 1.